The number of fused-ring (bicyclic) bond motifs is 1. The number of aromatic nitrogens is 3. The number of hydrogen-bond acceptors (Lipinski definition) is 5. The third kappa shape index (κ3) is 3.21. The summed E-state index contributed by atoms with van der Waals surface area (Å²) in [6, 6.07) is 11.3. The van der Waals surface area contributed by atoms with E-state index in [0.717, 1.165) is 28.9 Å². The van der Waals surface area contributed by atoms with Crippen LogP contribution < -0.4 is 15.2 Å². The smallest absolute Gasteiger partial charge is 0.144 e. The van der Waals surface area contributed by atoms with Gasteiger partial charge in [-0.15, -0.1) is 10.2 Å². The van der Waals surface area contributed by atoms with Crippen LogP contribution in [0, 0.1) is 0 Å². The zero-order valence-corrected chi connectivity index (χ0v) is 13.3. The van der Waals surface area contributed by atoms with Gasteiger partial charge < -0.3 is 15.2 Å². The van der Waals surface area contributed by atoms with Crippen LogP contribution >= 0.6 is 0 Å². The van der Waals surface area contributed by atoms with Crippen molar-refractivity contribution in [2.45, 2.75) is 20.3 Å². The highest BCUT2D eigenvalue weighted by atomic mass is 16.5. The lowest BCUT2D eigenvalue weighted by molar-refractivity contribution is 0.317. The Balaban J connectivity index is 1.90. The van der Waals surface area contributed by atoms with Crippen LogP contribution in [0.2, 0.25) is 0 Å². The number of ether oxygens (including phenoxy) is 2. The molecule has 23 heavy (non-hydrogen) atoms. The number of hydrogen-bond donors (Lipinski definition) is 1. The van der Waals surface area contributed by atoms with E-state index >= 15 is 0 Å². The quantitative estimate of drug-likeness (QED) is 0.707. The molecule has 0 bridgehead atoms. The van der Waals surface area contributed by atoms with E-state index < -0.39 is 0 Å². The number of nitrogen functional groups attached to an aromatic ring is 1. The second-order valence-electron chi connectivity index (χ2n) is 5.14. The Labute approximate surface area is 134 Å². The van der Waals surface area contributed by atoms with Crippen molar-refractivity contribution in [3.05, 3.63) is 36.4 Å². The minimum Gasteiger partial charge on any atom is -0.494 e. The van der Waals surface area contributed by atoms with Gasteiger partial charge in [-0.25, -0.2) is 0 Å². The van der Waals surface area contributed by atoms with E-state index in [4.69, 9.17) is 15.2 Å². The van der Waals surface area contributed by atoms with E-state index in [1.165, 1.54) is 0 Å². The van der Waals surface area contributed by atoms with Gasteiger partial charge in [-0.2, -0.15) is 4.80 Å². The lowest BCUT2D eigenvalue weighted by atomic mass is 10.2. The Hall–Kier alpha value is -2.76. The molecule has 2 N–H and O–H groups in total. The highest BCUT2D eigenvalue weighted by Crippen LogP contribution is 2.27. The average Bonchev–Trinajstić information content (AvgIpc) is 2.96. The van der Waals surface area contributed by atoms with Gasteiger partial charge in [0, 0.05) is 6.07 Å². The summed E-state index contributed by atoms with van der Waals surface area (Å²) in [5, 5.41) is 8.95. The summed E-state index contributed by atoms with van der Waals surface area (Å²) in [4.78, 5) is 1.59. The number of rotatable bonds is 6. The van der Waals surface area contributed by atoms with Gasteiger partial charge in [0.25, 0.3) is 0 Å². The summed E-state index contributed by atoms with van der Waals surface area (Å²) in [6.45, 7) is 5.27. The molecule has 6 heteroatoms. The van der Waals surface area contributed by atoms with Crippen LogP contribution in [0.25, 0.3) is 16.7 Å². The van der Waals surface area contributed by atoms with E-state index in [0.29, 0.717) is 24.7 Å². The van der Waals surface area contributed by atoms with Gasteiger partial charge in [0.2, 0.25) is 0 Å². The molecule has 0 saturated heterocycles. The van der Waals surface area contributed by atoms with Crippen LogP contribution in [0.5, 0.6) is 11.5 Å². The molecule has 6 nitrogen and oxygen atoms in total. The van der Waals surface area contributed by atoms with Gasteiger partial charge in [-0.3, -0.25) is 0 Å². The maximum absolute atomic E-state index is 5.97. The van der Waals surface area contributed by atoms with Gasteiger partial charge in [0.15, 0.2) is 0 Å². The lowest BCUT2D eigenvalue weighted by Gasteiger charge is -2.05. The second kappa shape index (κ2) is 6.56. The number of nitrogens with two attached hydrogens (primary N) is 1. The molecule has 0 amide bonds. The van der Waals surface area contributed by atoms with Crippen LogP contribution in [-0.2, 0) is 0 Å². The van der Waals surface area contributed by atoms with Gasteiger partial charge in [0.05, 0.1) is 24.6 Å². The van der Waals surface area contributed by atoms with Crippen LogP contribution in [0.3, 0.4) is 0 Å². The average molecular weight is 312 g/mol. The Bertz CT molecular complexity index is 796. The van der Waals surface area contributed by atoms with Gasteiger partial charge >= 0.3 is 0 Å². The fourth-order valence-corrected chi connectivity index (χ4v) is 2.25. The fraction of sp³-hybridized carbons (Fsp3) is 0.294. The van der Waals surface area contributed by atoms with Crippen molar-refractivity contribution in [3.63, 3.8) is 0 Å². The number of benzene rings is 2. The Morgan fingerprint density at radius 1 is 1.00 bits per heavy atom. The van der Waals surface area contributed by atoms with Gasteiger partial charge in [0.1, 0.15) is 22.5 Å². The summed E-state index contributed by atoms with van der Waals surface area (Å²) in [5.41, 5.74) is 8.87. The molecule has 2 aromatic carbocycles. The Morgan fingerprint density at radius 3 is 2.35 bits per heavy atom. The lowest BCUT2D eigenvalue weighted by Crippen LogP contribution is -1.99. The van der Waals surface area contributed by atoms with E-state index in [-0.39, 0.29) is 0 Å². The van der Waals surface area contributed by atoms with Crippen LogP contribution in [0.4, 0.5) is 5.69 Å². The van der Waals surface area contributed by atoms with E-state index in [9.17, 15) is 0 Å². The second-order valence-corrected chi connectivity index (χ2v) is 5.14. The molecule has 3 aromatic rings. The molecule has 0 atom stereocenters. The van der Waals surface area contributed by atoms with E-state index in [1.54, 1.807) is 10.9 Å². The van der Waals surface area contributed by atoms with Crippen molar-refractivity contribution in [1.29, 1.82) is 0 Å². The number of nitrogens with zero attached hydrogens (tertiary/aromatic N) is 3. The molecule has 0 aliphatic rings. The largest absolute Gasteiger partial charge is 0.494 e. The molecule has 0 unspecified atom stereocenters. The molecule has 1 heterocycles. The molecule has 1 aromatic heterocycles. The minimum atomic E-state index is 0.559. The standard InChI is InChI=1S/C17H20N4O2/c1-3-9-23-13-7-5-12(6-8-13)21-19-15-10-14(18)17(22-4-2)11-16(15)20-21/h5-8,10-11H,3-4,9,18H2,1-2H3. The highest BCUT2D eigenvalue weighted by Gasteiger charge is 2.09. The summed E-state index contributed by atoms with van der Waals surface area (Å²) in [6.07, 6.45) is 0.984. The first-order chi connectivity index (χ1) is 11.2. The summed E-state index contributed by atoms with van der Waals surface area (Å²) in [7, 11) is 0. The first-order valence-corrected chi connectivity index (χ1v) is 7.74. The first kappa shape index (κ1) is 15.1. The van der Waals surface area contributed by atoms with Crippen molar-refractivity contribution < 1.29 is 9.47 Å². The summed E-state index contributed by atoms with van der Waals surface area (Å²) in [5.74, 6) is 1.48. The topological polar surface area (TPSA) is 75.2 Å². The molecule has 0 radical (unpaired) electrons. The van der Waals surface area contributed by atoms with Crippen molar-refractivity contribution in [1.82, 2.24) is 15.0 Å². The molecule has 120 valence electrons. The zero-order valence-electron chi connectivity index (χ0n) is 13.3. The predicted molar refractivity (Wildman–Crippen MR) is 90.2 cm³/mol. The molecule has 0 saturated carbocycles. The Kier molecular flexibility index (Phi) is 4.32. The molecule has 0 aliphatic carbocycles. The Morgan fingerprint density at radius 2 is 1.70 bits per heavy atom. The first-order valence-electron chi connectivity index (χ1n) is 7.74. The molecule has 0 spiro atoms. The van der Waals surface area contributed by atoms with Crippen LogP contribution in [0.1, 0.15) is 20.3 Å². The summed E-state index contributed by atoms with van der Waals surface area (Å²) >= 11 is 0. The third-order valence-corrected chi connectivity index (χ3v) is 3.35. The molecular weight excluding hydrogens is 292 g/mol. The van der Waals surface area contributed by atoms with Crippen molar-refractivity contribution >= 4 is 16.7 Å². The normalized spacial score (nSPS) is 10.9. The van der Waals surface area contributed by atoms with Crippen molar-refractivity contribution in [2.24, 2.45) is 0 Å². The predicted octanol–water partition coefficient (Wildman–Crippen LogP) is 3.19. The molecule has 0 fully saturated rings. The highest BCUT2D eigenvalue weighted by molar-refractivity contribution is 5.81. The van der Waals surface area contributed by atoms with Crippen molar-refractivity contribution in [2.75, 3.05) is 18.9 Å². The van der Waals surface area contributed by atoms with Gasteiger partial charge in [-0.05, 0) is 43.7 Å². The number of anilines is 1. The van der Waals surface area contributed by atoms with Crippen molar-refractivity contribution in [3.8, 4) is 17.2 Å². The molecule has 0 aliphatic heterocycles. The van der Waals surface area contributed by atoms with Crippen LogP contribution in [-0.4, -0.2) is 28.2 Å². The zero-order chi connectivity index (χ0) is 16.2. The molecule has 3 rings (SSSR count). The SMILES string of the molecule is CCCOc1ccc(-n2nc3cc(N)c(OCC)cc3n2)cc1. The van der Waals surface area contributed by atoms with E-state index in [2.05, 4.69) is 17.1 Å². The monoisotopic (exact) mass is 312 g/mol. The maximum atomic E-state index is 5.97. The third-order valence-electron chi connectivity index (χ3n) is 3.35. The maximum Gasteiger partial charge on any atom is 0.144 e. The minimum absolute atomic E-state index is 0.559. The summed E-state index contributed by atoms with van der Waals surface area (Å²) < 4.78 is 11.1. The van der Waals surface area contributed by atoms with Gasteiger partial charge in [-0.1, -0.05) is 6.92 Å². The van der Waals surface area contributed by atoms with E-state index in [1.807, 2.05) is 37.3 Å². The molecular formula is C17H20N4O2. The fourth-order valence-electron chi connectivity index (χ4n) is 2.25. The van der Waals surface area contributed by atoms with Crippen LogP contribution in [0.15, 0.2) is 36.4 Å².